The Morgan fingerprint density at radius 1 is 1.50 bits per heavy atom. The van der Waals surface area contributed by atoms with Crippen molar-refractivity contribution in [2.24, 2.45) is 5.73 Å². The average molecular weight is 228 g/mol. The molecular formula is C11H20N2O3. The minimum absolute atomic E-state index is 0.115. The Morgan fingerprint density at radius 2 is 2.19 bits per heavy atom. The number of carbonyl (C=O) groups excluding carboxylic acids is 1. The standard InChI is InChI=1S/C11H20N2O3/c1-2-3-4-5-6-10(12)9-13(7-8-14)11(15)16/h2,8,10H,1,3-7,9,12H2,(H,15,16). The van der Waals surface area contributed by atoms with Crippen molar-refractivity contribution in [2.45, 2.75) is 31.7 Å². The number of unbranched alkanes of at least 4 members (excludes halogenated alkanes) is 2. The zero-order valence-electron chi connectivity index (χ0n) is 9.47. The van der Waals surface area contributed by atoms with Gasteiger partial charge in [0, 0.05) is 12.6 Å². The molecule has 0 bridgehead atoms. The minimum Gasteiger partial charge on any atom is -0.465 e. The Labute approximate surface area is 95.9 Å². The molecule has 0 aromatic carbocycles. The lowest BCUT2D eigenvalue weighted by molar-refractivity contribution is -0.108. The highest BCUT2D eigenvalue weighted by atomic mass is 16.4. The number of amides is 1. The largest absolute Gasteiger partial charge is 0.465 e. The molecule has 5 heteroatoms. The van der Waals surface area contributed by atoms with Crippen LogP contribution in [-0.2, 0) is 4.79 Å². The Hall–Kier alpha value is -1.36. The molecule has 0 saturated heterocycles. The smallest absolute Gasteiger partial charge is 0.407 e. The third-order valence-corrected chi connectivity index (χ3v) is 2.25. The first kappa shape index (κ1) is 14.6. The molecular weight excluding hydrogens is 208 g/mol. The van der Waals surface area contributed by atoms with Gasteiger partial charge in [0.2, 0.25) is 0 Å². The monoisotopic (exact) mass is 228 g/mol. The number of hydrogen-bond acceptors (Lipinski definition) is 3. The molecule has 16 heavy (non-hydrogen) atoms. The molecule has 0 saturated carbocycles. The van der Waals surface area contributed by atoms with Crippen molar-refractivity contribution < 1.29 is 14.7 Å². The predicted octanol–water partition coefficient (Wildman–Crippen LogP) is 1.24. The van der Waals surface area contributed by atoms with E-state index in [1.54, 1.807) is 0 Å². The van der Waals surface area contributed by atoms with E-state index in [9.17, 15) is 9.59 Å². The second-order valence-electron chi connectivity index (χ2n) is 3.69. The first-order valence-corrected chi connectivity index (χ1v) is 5.39. The fraction of sp³-hybridized carbons (Fsp3) is 0.636. The van der Waals surface area contributed by atoms with Gasteiger partial charge in [0.1, 0.15) is 6.29 Å². The molecule has 0 spiro atoms. The molecule has 1 unspecified atom stereocenters. The van der Waals surface area contributed by atoms with Crippen LogP contribution in [0, 0.1) is 0 Å². The number of aldehydes is 1. The third-order valence-electron chi connectivity index (χ3n) is 2.25. The van der Waals surface area contributed by atoms with Gasteiger partial charge < -0.3 is 15.6 Å². The van der Waals surface area contributed by atoms with Gasteiger partial charge in [-0.1, -0.05) is 12.5 Å². The highest BCUT2D eigenvalue weighted by Crippen LogP contribution is 2.04. The van der Waals surface area contributed by atoms with E-state index in [1.165, 1.54) is 0 Å². The van der Waals surface area contributed by atoms with E-state index in [4.69, 9.17) is 10.8 Å². The lowest BCUT2D eigenvalue weighted by atomic mass is 10.1. The van der Waals surface area contributed by atoms with Crippen molar-refractivity contribution >= 4 is 12.4 Å². The van der Waals surface area contributed by atoms with Crippen LogP contribution in [0.25, 0.3) is 0 Å². The highest BCUT2D eigenvalue weighted by molar-refractivity contribution is 5.69. The molecule has 0 fully saturated rings. The van der Waals surface area contributed by atoms with Crippen LogP contribution in [-0.4, -0.2) is 41.5 Å². The quantitative estimate of drug-likeness (QED) is 0.353. The molecule has 3 N–H and O–H groups in total. The van der Waals surface area contributed by atoms with Crippen molar-refractivity contribution in [1.29, 1.82) is 0 Å². The number of carbonyl (C=O) groups is 2. The van der Waals surface area contributed by atoms with Gasteiger partial charge in [-0.3, -0.25) is 4.90 Å². The lowest BCUT2D eigenvalue weighted by Gasteiger charge is -2.20. The maximum atomic E-state index is 10.7. The first-order valence-electron chi connectivity index (χ1n) is 5.39. The summed E-state index contributed by atoms with van der Waals surface area (Å²) in [4.78, 5) is 22.0. The van der Waals surface area contributed by atoms with Crippen molar-refractivity contribution in [3.8, 4) is 0 Å². The normalized spacial score (nSPS) is 11.8. The van der Waals surface area contributed by atoms with E-state index in [1.807, 2.05) is 6.08 Å². The summed E-state index contributed by atoms with van der Waals surface area (Å²) in [6.07, 6.45) is 4.98. The SMILES string of the molecule is C=CCCCCC(N)CN(CC=O)C(=O)O. The van der Waals surface area contributed by atoms with E-state index in [0.29, 0.717) is 6.29 Å². The molecule has 0 radical (unpaired) electrons. The van der Waals surface area contributed by atoms with Crippen LogP contribution in [0.5, 0.6) is 0 Å². The number of nitrogens with two attached hydrogens (primary N) is 1. The Morgan fingerprint density at radius 3 is 2.69 bits per heavy atom. The molecule has 0 aromatic heterocycles. The van der Waals surface area contributed by atoms with Crippen LogP contribution in [0.1, 0.15) is 25.7 Å². The van der Waals surface area contributed by atoms with Crippen LogP contribution >= 0.6 is 0 Å². The van der Waals surface area contributed by atoms with Crippen LogP contribution in [0.4, 0.5) is 4.79 Å². The predicted molar refractivity (Wildman–Crippen MR) is 62.3 cm³/mol. The molecule has 0 rings (SSSR count). The molecule has 0 aliphatic rings. The second-order valence-corrected chi connectivity index (χ2v) is 3.69. The summed E-state index contributed by atoms with van der Waals surface area (Å²) in [6.45, 7) is 3.71. The van der Waals surface area contributed by atoms with Gasteiger partial charge in [-0.05, 0) is 19.3 Å². The number of hydrogen-bond donors (Lipinski definition) is 2. The van der Waals surface area contributed by atoms with E-state index >= 15 is 0 Å². The van der Waals surface area contributed by atoms with Gasteiger partial charge in [0.25, 0.3) is 0 Å². The van der Waals surface area contributed by atoms with Gasteiger partial charge in [0.05, 0.1) is 6.54 Å². The minimum atomic E-state index is -1.10. The zero-order valence-corrected chi connectivity index (χ0v) is 9.47. The number of allylic oxidation sites excluding steroid dienone is 1. The molecule has 0 aliphatic heterocycles. The Balaban J connectivity index is 3.80. The van der Waals surface area contributed by atoms with Gasteiger partial charge >= 0.3 is 6.09 Å². The number of rotatable bonds is 9. The zero-order chi connectivity index (χ0) is 12.4. The Kier molecular flexibility index (Phi) is 8.15. The van der Waals surface area contributed by atoms with Crippen molar-refractivity contribution in [3.63, 3.8) is 0 Å². The van der Waals surface area contributed by atoms with E-state index in [0.717, 1.165) is 30.6 Å². The number of carboxylic acid groups (broad SMARTS) is 1. The molecule has 1 amide bonds. The third kappa shape index (κ3) is 7.00. The summed E-state index contributed by atoms with van der Waals surface area (Å²) in [5, 5.41) is 8.76. The highest BCUT2D eigenvalue weighted by Gasteiger charge is 2.14. The summed E-state index contributed by atoms with van der Waals surface area (Å²) >= 11 is 0. The molecule has 92 valence electrons. The van der Waals surface area contributed by atoms with Crippen molar-refractivity contribution in [2.75, 3.05) is 13.1 Å². The van der Waals surface area contributed by atoms with Crippen LogP contribution in [0.2, 0.25) is 0 Å². The van der Waals surface area contributed by atoms with Crippen LogP contribution in [0.3, 0.4) is 0 Å². The van der Waals surface area contributed by atoms with Gasteiger partial charge in [-0.25, -0.2) is 4.79 Å². The van der Waals surface area contributed by atoms with E-state index < -0.39 is 6.09 Å². The fourth-order valence-corrected chi connectivity index (χ4v) is 1.39. The molecule has 0 aromatic rings. The van der Waals surface area contributed by atoms with Crippen LogP contribution in [0.15, 0.2) is 12.7 Å². The topological polar surface area (TPSA) is 83.6 Å². The maximum absolute atomic E-state index is 10.7. The molecule has 0 heterocycles. The summed E-state index contributed by atoms with van der Waals surface area (Å²) in [7, 11) is 0. The molecule has 1 atom stereocenters. The Bertz CT molecular complexity index is 231. The average Bonchev–Trinajstić information content (AvgIpc) is 2.23. The summed E-state index contributed by atoms with van der Waals surface area (Å²) in [6, 6.07) is -0.208. The summed E-state index contributed by atoms with van der Waals surface area (Å²) in [5.74, 6) is 0. The lowest BCUT2D eigenvalue weighted by Crippen LogP contribution is -2.41. The maximum Gasteiger partial charge on any atom is 0.407 e. The van der Waals surface area contributed by atoms with Gasteiger partial charge in [-0.2, -0.15) is 0 Å². The van der Waals surface area contributed by atoms with Crippen molar-refractivity contribution in [3.05, 3.63) is 12.7 Å². The molecule has 0 aliphatic carbocycles. The van der Waals surface area contributed by atoms with Gasteiger partial charge in [-0.15, -0.1) is 6.58 Å². The second kappa shape index (κ2) is 8.91. The van der Waals surface area contributed by atoms with E-state index in [2.05, 4.69) is 6.58 Å². The molecule has 5 nitrogen and oxygen atoms in total. The van der Waals surface area contributed by atoms with Crippen molar-refractivity contribution in [1.82, 2.24) is 4.90 Å². The summed E-state index contributed by atoms with van der Waals surface area (Å²) in [5.41, 5.74) is 5.78. The fourth-order valence-electron chi connectivity index (χ4n) is 1.39. The van der Waals surface area contributed by atoms with Gasteiger partial charge in [0.15, 0.2) is 0 Å². The summed E-state index contributed by atoms with van der Waals surface area (Å²) < 4.78 is 0. The van der Waals surface area contributed by atoms with Crippen LogP contribution < -0.4 is 5.73 Å². The number of nitrogens with zero attached hydrogens (tertiary/aromatic N) is 1. The van der Waals surface area contributed by atoms with E-state index in [-0.39, 0.29) is 19.1 Å². The first-order chi connectivity index (χ1) is 7.61.